The van der Waals surface area contributed by atoms with E-state index in [9.17, 15) is 9.59 Å². The summed E-state index contributed by atoms with van der Waals surface area (Å²) in [5.74, 6) is 0.216. The van der Waals surface area contributed by atoms with Crippen LogP contribution in [0.3, 0.4) is 0 Å². The number of aromatic amines is 2. The fraction of sp³-hybridized carbons (Fsp3) is 0.438. The van der Waals surface area contributed by atoms with Crippen LogP contribution in [0, 0.1) is 6.92 Å². The first-order chi connectivity index (χ1) is 10.6. The van der Waals surface area contributed by atoms with E-state index >= 15 is 0 Å². The number of nitrogens with one attached hydrogen (secondary N) is 2. The van der Waals surface area contributed by atoms with Crippen LogP contribution in [0.2, 0.25) is 0 Å². The monoisotopic (exact) mass is 300 g/mol. The molecule has 1 aliphatic rings. The molecule has 6 nitrogen and oxygen atoms in total. The van der Waals surface area contributed by atoms with Gasteiger partial charge in [-0.1, -0.05) is 36.8 Å². The molecule has 2 heterocycles. The minimum absolute atomic E-state index is 0.0907. The van der Waals surface area contributed by atoms with Crippen molar-refractivity contribution >= 4 is 5.91 Å². The molecule has 6 heteroatoms. The largest absolute Gasteiger partial charge is 0.341 e. The van der Waals surface area contributed by atoms with Gasteiger partial charge in [-0.2, -0.15) is 0 Å². The summed E-state index contributed by atoms with van der Waals surface area (Å²) in [7, 11) is 0. The average Bonchev–Trinajstić information content (AvgIpc) is 3.13. The van der Waals surface area contributed by atoms with Gasteiger partial charge in [-0.3, -0.25) is 9.78 Å². The topological polar surface area (TPSA) is 81.8 Å². The van der Waals surface area contributed by atoms with Gasteiger partial charge in [0, 0.05) is 18.5 Å². The highest BCUT2D eigenvalue weighted by Crippen LogP contribution is 2.35. The number of aromatic nitrogens is 3. The Morgan fingerprint density at radius 1 is 1.36 bits per heavy atom. The van der Waals surface area contributed by atoms with Crippen LogP contribution in [-0.2, 0) is 0 Å². The number of nitrogens with zero attached hydrogens (tertiary/aromatic N) is 2. The second-order valence-electron chi connectivity index (χ2n) is 5.81. The molecule has 0 aliphatic carbocycles. The van der Waals surface area contributed by atoms with E-state index in [4.69, 9.17) is 0 Å². The van der Waals surface area contributed by atoms with Gasteiger partial charge in [-0.05, 0) is 25.3 Å². The number of aryl methyl sites for hydroxylation is 1. The van der Waals surface area contributed by atoms with Crippen molar-refractivity contribution in [3.8, 4) is 0 Å². The maximum absolute atomic E-state index is 12.5. The van der Waals surface area contributed by atoms with Crippen molar-refractivity contribution in [2.45, 2.75) is 38.6 Å². The first-order valence-electron chi connectivity index (χ1n) is 7.62. The molecule has 0 spiro atoms. The molecule has 1 fully saturated rings. The molecule has 116 valence electrons. The molecule has 2 N–H and O–H groups in total. The van der Waals surface area contributed by atoms with Gasteiger partial charge in [-0.25, -0.2) is 9.89 Å². The van der Waals surface area contributed by atoms with Crippen LogP contribution in [0.25, 0.3) is 0 Å². The third-order valence-corrected chi connectivity index (χ3v) is 4.43. The zero-order chi connectivity index (χ0) is 15.7. The van der Waals surface area contributed by atoms with Crippen LogP contribution in [0.4, 0.5) is 0 Å². The Bertz CT molecular complexity index is 716. The lowest BCUT2D eigenvalue weighted by molar-refractivity contribution is 0.0715. The van der Waals surface area contributed by atoms with Crippen molar-refractivity contribution in [3.05, 3.63) is 51.7 Å². The molecule has 1 aromatic heterocycles. The van der Waals surface area contributed by atoms with Gasteiger partial charge in [0.15, 0.2) is 0 Å². The van der Waals surface area contributed by atoms with E-state index in [1.54, 1.807) is 0 Å². The molecule has 22 heavy (non-hydrogen) atoms. The molecular weight excluding hydrogens is 280 g/mol. The summed E-state index contributed by atoms with van der Waals surface area (Å²) in [6, 6.07) is 8.64. The summed E-state index contributed by atoms with van der Waals surface area (Å²) in [6.45, 7) is 4.84. The highest BCUT2D eigenvalue weighted by Gasteiger charge is 2.37. The smallest absolute Gasteiger partial charge is 0.332 e. The van der Waals surface area contributed by atoms with Gasteiger partial charge in [0.25, 0.3) is 5.91 Å². The second-order valence-corrected chi connectivity index (χ2v) is 5.81. The van der Waals surface area contributed by atoms with Gasteiger partial charge >= 0.3 is 5.69 Å². The number of H-pyrrole nitrogens is 2. The molecule has 1 amide bonds. The molecule has 2 atom stereocenters. The molecular formula is C16H20N4O2. The molecule has 0 radical (unpaired) electrons. The quantitative estimate of drug-likeness (QED) is 0.907. The number of benzene rings is 1. The highest BCUT2D eigenvalue weighted by atomic mass is 16.2. The van der Waals surface area contributed by atoms with Crippen LogP contribution in [-0.4, -0.2) is 38.6 Å². The van der Waals surface area contributed by atoms with Crippen LogP contribution in [0.15, 0.2) is 29.1 Å². The maximum atomic E-state index is 12.5. The number of carbonyl (C=O) groups excluding carboxylic acids is 1. The summed E-state index contributed by atoms with van der Waals surface area (Å²) in [4.78, 5) is 27.9. The van der Waals surface area contributed by atoms with E-state index in [0.717, 1.165) is 12.8 Å². The molecule has 0 saturated carbocycles. The number of amides is 1. The van der Waals surface area contributed by atoms with Gasteiger partial charge in [0.1, 0.15) is 0 Å². The standard InChI is InChI=1S/C16H20N4O2/c1-3-13-12(11-6-4-10(2)5-7-11)8-9-20(13)15(21)14-17-16(22)19-18-14/h4-7,12-13H,3,8-9H2,1-2H3,(H2,17,18,19,22)/t12-,13-/m1/s1. The molecule has 1 aliphatic heterocycles. The van der Waals surface area contributed by atoms with Crippen molar-refractivity contribution in [3.63, 3.8) is 0 Å². The number of rotatable bonds is 3. The summed E-state index contributed by atoms with van der Waals surface area (Å²) < 4.78 is 0. The lowest BCUT2D eigenvalue weighted by Crippen LogP contribution is -2.37. The zero-order valence-corrected chi connectivity index (χ0v) is 12.8. The van der Waals surface area contributed by atoms with Crippen molar-refractivity contribution in [1.82, 2.24) is 20.1 Å². The molecule has 1 aromatic carbocycles. The predicted molar refractivity (Wildman–Crippen MR) is 82.9 cm³/mol. The van der Waals surface area contributed by atoms with Crippen LogP contribution >= 0.6 is 0 Å². The summed E-state index contributed by atoms with van der Waals surface area (Å²) in [5.41, 5.74) is 2.05. The van der Waals surface area contributed by atoms with Gasteiger partial charge in [-0.15, -0.1) is 5.10 Å². The van der Waals surface area contributed by atoms with Gasteiger partial charge < -0.3 is 4.90 Å². The Balaban J connectivity index is 1.84. The van der Waals surface area contributed by atoms with Crippen molar-refractivity contribution in [2.75, 3.05) is 6.54 Å². The summed E-state index contributed by atoms with van der Waals surface area (Å²) in [5, 5.41) is 6.00. The van der Waals surface area contributed by atoms with E-state index in [-0.39, 0.29) is 17.8 Å². The van der Waals surface area contributed by atoms with E-state index in [1.807, 2.05) is 4.90 Å². The minimum Gasteiger partial charge on any atom is -0.332 e. The number of carbonyl (C=O) groups is 1. The van der Waals surface area contributed by atoms with E-state index in [0.29, 0.717) is 12.5 Å². The summed E-state index contributed by atoms with van der Waals surface area (Å²) in [6.07, 6.45) is 1.81. The third-order valence-electron chi connectivity index (χ3n) is 4.43. The van der Waals surface area contributed by atoms with Crippen LogP contribution in [0.5, 0.6) is 0 Å². The number of likely N-dealkylation sites (tertiary alicyclic amines) is 1. The fourth-order valence-corrected chi connectivity index (χ4v) is 3.32. The van der Waals surface area contributed by atoms with E-state index < -0.39 is 5.69 Å². The summed E-state index contributed by atoms with van der Waals surface area (Å²) >= 11 is 0. The predicted octanol–water partition coefficient (Wildman–Crippen LogP) is 1.81. The normalized spacial score (nSPS) is 21.3. The zero-order valence-electron chi connectivity index (χ0n) is 12.8. The SMILES string of the molecule is CC[C@@H]1[C@@H](c2ccc(C)cc2)CCN1C(=O)c1n[nH]c(=O)[nH]1. The van der Waals surface area contributed by atoms with Crippen molar-refractivity contribution < 1.29 is 4.79 Å². The van der Waals surface area contributed by atoms with E-state index in [1.165, 1.54) is 11.1 Å². The first-order valence-corrected chi connectivity index (χ1v) is 7.62. The fourth-order valence-electron chi connectivity index (χ4n) is 3.32. The van der Waals surface area contributed by atoms with Gasteiger partial charge in [0.2, 0.25) is 5.82 Å². The van der Waals surface area contributed by atoms with Crippen molar-refractivity contribution in [2.24, 2.45) is 0 Å². The van der Waals surface area contributed by atoms with Crippen LogP contribution < -0.4 is 5.69 Å². The lowest BCUT2D eigenvalue weighted by atomic mass is 9.90. The first kappa shape index (κ1) is 14.6. The van der Waals surface area contributed by atoms with Crippen LogP contribution in [0.1, 0.15) is 47.4 Å². The number of hydrogen-bond acceptors (Lipinski definition) is 3. The number of hydrogen-bond donors (Lipinski definition) is 2. The highest BCUT2D eigenvalue weighted by molar-refractivity contribution is 5.90. The molecule has 0 bridgehead atoms. The van der Waals surface area contributed by atoms with Crippen molar-refractivity contribution in [1.29, 1.82) is 0 Å². The molecule has 2 aromatic rings. The minimum atomic E-state index is -0.453. The maximum Gasteiger partial charge on any atom is 0.341 e. The Kier molecular flexibility index (Phi) is 3.83. The molecule has 1 saturated heterocycles. The second kappa shape index (κ2) is 5.79. The Morgan fingerprint density at radius 2 is 2.09 bits per heavy atom. The third kappa shape index (κ3) is 2.56. The Morgan fingerprint density at radius 3 is 2.68 bits per heavy atom. The molecule has 3 rings (SSSR count). The Labute approximate surface area is 128 Å². The van der Waals surface area contributed by atoms with E-state index in [2.05, 4.69) is 53.3 Å². The lowest BCUT2D eigenvalue weighted by Gasteiger charge is -2.26. The van der Waals surface area contributed by atoms with Gasteiger partial charge in [0.05, 0.1) is 0 Å². The molecule has 0 unspecified atom stereocenters. The average molecular weight is 300 g/mol. The Hall–Kier alpha value is -2.37.